The molecule has 248 valence electrons. The van der Waals surface area contributed by atoms with Gasteiger partial charge in [0.15, 0.2) is 0 Å². The Bertz CT molecular complexity index is 2080. The Labute approximate surface area is 286 Å². The predicted molar refractivity (Wildman–Crippen MR) is 197 cm³/mol. The molecule has 6 aromatic rings. The number of pyridine rings is 3. The lowest BCUT2D eigenvalue weighted by Crippen LogP contribution is -2.40. The minimum absolute atomic E-state index is 0.102. The van der Waals surface area contributed by atoms with E-state index in [2.05, 4.69) is 66.2 Å². The summed E-state index contributed by atoms with van der Waals surface area (Å²) in [5.74, 6) is 0.970. The van der Waals surface area contributed by atoms with Gasteiger partial charge in [0.05, 0.1) is 0 Å². The van der Waals surface area contributed by atoms with Gasteiger partial charge >= 0.3 is 6.03 Å². The van der Waals surface area contributed by atoms with Crippen LogP contribution in [-0.2, 0) is 13.0 Å². The number of benzene rings is 3. The third-order valence-corrected chi connectivity index (χ3v) is 8.57. The Hall–Kier alpha value is -5.76. The summed E-state index contributed by atoms with van der Waals surface area (Å²) >= 11 is 0. The highest BCUT2D eigenvalue weighted by atomic mass is 16.5. The number of hydrogen-bond acceptors (Lipinski definition) is 5. The SMILES string of the molecule is CC(C)c1cc(-c2cccc(OCc3cccnc3)c2)cc(C(C)C)c1NC(=O)N(CCc1ccccc1)c1cc2cccnc2[nH]c1=O. The number of ether oxygens (including phenoxy) is 1. The summed E-state index contributed by atoms with van der Waals surface area (Å²) in [7, 11) is 0. The van der Waals surface area contributed by atoms with Crippen molar-refractivity contribution in [3.8, 4) is 16.9 Å². The van der Waals surface area contributed by atoms with Gasteiger partial charge in [-0.15, -0.1) is 0 Å². The van der Waals surface area contributed by atoms with E-state index in [1.165, 1.54) is 0 Å². The smallest absolute Gasteiger partial charge is 0.326 e. The van der Waals surface area contributed by atoms with Gasteiger partial charge in [0.25, 0.3) is 5.56 Å². The number of hydrogen-bond donors (Lipinski definition) is 2. The van der Waals surface area contributed by atoms with Crippen LogP contribution in [0.4, 0.5) is 16.2 Å². The molecule has 2 amide bonds. The van der Waals surface area contributed by atoms with Crippen LogP contribution in [0.3, 0.4) is 0 Å². The number of H-pyrrole nitrogens is 1. The standard InChI is InChI=1S/C41H41N5O3/c1-27(2)35-22-33(31-14-8-16-34(21-31)49-26-30-13-9-18-42-25-30)23-36(28(3)4)38(35)44-41(48)46(20-17-29-11-6-5-7-12-29)37-24-32-15-10-19-43-39(32)45-40(37)47/h5-16,18-19,21-25,27-28H,17,20,26H2,1-4H3,(H,44,48)(H,43,45,47). The summed E-state index contributed by atoms with van der Waals surface area (Å²) in [5, 5.41) is 4.02. The zero-order chi connectivity index (χ0) is 34.3. The van der Waals surface area contributed by atoms with Crippen molar-refractivity contribution >= 4 is 28.4 Å². The first-order valence-corrected chi connectivity index (χ1v) is 16.7. The number of urea groups is 1. The number of amides is 2. The zero-order valence-corrected chi connectivity index (χ0v) is 28.3. The van der Waals surface area contributed by atoms with Crippen LogP contribution in [0, 0.1) is 0 Å². The molecule has 3 aromatic heterocycles. The van der Waals surface area contributed by atoms with Crippen molar-refractivity contribution < 1.29 is 9.53 Å². The van der Waals surface area contributed by atoms with E-state index < -0.39 is 0 Å². The number of aromatic amines is 1. The molecule has 0 saturated heterocycles. The average molecular weight is 652 g/mol. The molecule has 0 atom stereocenters. The Morgan fingerprint density at radius 3 is 2.27 bits per heavy atom. The Morgan fingerprint density at radius 2 is 1.55 bits per heavy atom. The van der Waals surface area contributed by atoms with E-state index in [0.29, 0.717) is 25.2 Å². The van der Waals surface area contributed by atoms with Gasteiger partial charge in [-0.1, -0.05) is 76.2 Å². The maximum Gasteiger partial charge on any atom is 0.326 e. The highest BCUT2D eigenvalue weighted by molar-refractivity contribution is 6.03. The minimum atomic E-state index is -0.372. The lowest BCUT2D eigenvalue weighted by molar-refractivity contribution is 0.257. The van der Waals surface area contributed by atoms with Crippen molar-refractivity contribution in [3.05, 3.63) is 148 Å². The molecule has 49 heavy (non-hydrogen) atoms. The van der Waals surface area contributed by atoms with Gasteiger partial charge in [0, 0.05) is 41.8 Å². The van der Waals surface area contributed by atoms with E-state index in [-0.39, 0.29) is 29.1 Å². The van der Waals surface area contributed by atoms with Gasteiger partial charge in [-0.25, -0.2) is 9.78 Å². The first-order valence-electron chi connectivity index (χ1n) is 16.7. The second-order valence-corrected chi connectivity index (χ2v) is 12.8. The van der Waals surface area contributed by atoms with Crippen molar-refractivity contribution in [2.24, 2.45) is 0 Å². The van der Waals surface area contributed by atoms with E-state index in [0.717, 1.165) is 50.2 Å². The zero-order valence-electron chi connectivity index (χ0n) is 28.3. The second-order valence-electron chi connectivity index (χ2n) is 12.8. The molecular weight excluding hydrogens is 610 g/mol. The predicted octanol–water partition coefficient (Wildman–Crippen LogP) is 9.09. The Balaban J connectivity index is 1.35. The van der Waals surface area contributed by atoms with E-state index in [1.54, 1.807) is 29.6 Å². The first-order chi connectivity index (χ1) is 23.8. The maximum atomic E-state index is 14.4. The van der Waals surface area contributed by atoms with Gasteiger partial charge < -0.3 is 15.0 Å². The summed E-state index contributed by atoms with van der Waals surface area (Å²) in [6.07, 6.45) is 5.76. The third-order valence-electron chi connectivity index (χ3n) is 8.57. The lowest BCUT2D eigenvalue weighted by Gasteiger charge is -2.27. The number of nitrogens with one attached hydrogen (secondary N) is 2. The molecular formula is C41H41N5O3. The quantitative estimate of drug-likeness (QED) is 0.146. The molecule has 2 N–H and O–H groups in total. The number of nitrogens with zero attached hydrogens (tertiary/aromatic N) is 3. The number of fused-ring (bicyclic) bond motifs is 1. The van der Waals surface area contributed by atoms with Gasteiger partial charge in [-0.05, 0) is 94.6 Å². The molecule has 8 nitrogen and oxygen atoms in total. The summed E-state index contributed by atoms with van der Waals surface area (Å²) < 4.78 is 6.11. The molecule has 0 saturated carbocycles. The van der Waals surface area contributed by atoms with Gasteiger partial charge in [-0.2, -0.15) is 0 Å². The molecule has 0 bridgehead atoms. The molecule has 0 aliphatic carbocycles. The van der Waals surface area contributed by atoms with E-state index in [9.17, 15) is 9.59 Å². The fourth-order valence-corrected chi connectivity index (χ4v) is 5.94. The van der Waals surface area contributed by atoms with Gasteiger partial charge in [0.2, 0.25) is 0 Å². The molecule has 3 aromatic carbocycles. The fourth-order valence-electron chi connectivity index (χ4n) is 5.94. The summed E-state index contributed by atoms with van der Waals surface area (Å²) in [6, 6.07) is 31.3. The van der Waals surface area contributed by atoms with Crippen molar-refractivity contribution in [2.75, 3.05) is 16.8 Å². The highest BCUT2D eigenvalue weighted by Crippen LogP contribution is 2.38. The van der Waals surface area contributed by atoms with Gasteiger partial charge in [0.1, 0.15) is 23.7 Å². The van der Waals surface area contributed by atoms with E-state index >= 15 is 0 Å². The first kappa shape index (κ1) is 33.2. The van der Waals surface area contributed by atoms with Crippen LogP contribution in [0.2, 0.25) is 0 Å². The number of carbonyl (C=O) groups is 1. The number of anilines is 2. The number of rotatable bonds is 11. The number of aromatic nitrogens is 3. The third kappa shape index (κ3) is 7.87. The van der Waals surface area contributed by atoms with Crippen LogP contribution in [0.1, 0.15) is 61.8 Å². The normalized spacial score (nSPS) is 11.2. The Morgan fingerprint density at radius 1 is 0.816 bits per heavy atom. The summed E-state index contributed by atoms with van der Waals surface area (Å²) in [4.78, 5) is 40.7. The van der Waals surface area contributed by atoms with Crippen LogP contribution in [0.5, 0.6) is 5.75 Å². The average Bonchev–Trinajstić information content (AvgIpc) is 3.11. The van der Waals surface area contributed by atoms with Crippen LogP contribution in [0.25, 0.3) is 22.2 Å². The van der Waals surface area contributed by atoms with Crippen LogP contribution < -0.4 is 20.5 Å². The maximum absolute atomic E-state index is 14.4. The van der Waals surface area contributed by atoms with E-state index in [4.69, 9.17) is 4.74 Å². The molecule has 0 spiro atoms. The molecule has 0 aliphatic heterocycles. The second kappa shape index (κ2) is 15.0. The number of carbonyl (C=O) groups excluding carboxylic acids is 1. The Kier molecular flexibility index (Phi) is 10.1. The lowest BCUT2D eigenvalue weighted by atomic mass is 9.88. The highest BCUT2D eigenvalue weighted by Gasteiger charge is 2.24. The molecule has 0 fully saturated rings. The fraction of sp³-hybridized carbons (Fsp3) is 0.220. The van der Waals surface area contributed by atoms with Crippen molar-refractivity contribution in [2.45, 2.75) is 52.6 Å². The summed E-state index contributed by atoms with van der Waals surface area (Å²) in [6.45, 7) is 9.23. The van der Waals surface area contributed by atoms with E-state index in [1.807, 2.05) is 72.8 Å². The monoisotopic (exact) mass is 651 g/mol. The molecule has 0 aliphatic rings. The molecule has 3 heterocycles. The molecule has 0 unspecified atom stereocenters. The van der Waals surface area contributed by atoms with Crippen molar-refractivity contribution in [3.63, 3.8) is 0 Å². The molecule has 0 radical (unpaired) electrons. The molecule has 8 heteroatoms. The minimum Gasteiger partial charge on any atom is -0.489 e. The van der Waals surface area contributed by atoms with Crippen LogP contribution in [-0.4, -0.2) is 27.5 Å². The van der Waals surface area contributed by atoms with Crippen LogP contribution in [0.15, 0.2) is 120 Å². The molecule has 6 rings (SSSR count). The van der Waals surface area contributed by atoms with Crippen molar-refractivity contribution in [1.29, 1.82) is 0 Å². The van der Waals surface area contributed by atoms with Crippen molar-refractivity contribution in [1.82, 2.24) is 15.0 Å². The van der Waals surface area contributed by atoms with Gasteiger partial charge in [-0.3, -0.25) is 14.7 Å². The summed E-state index contributed by atoms with van der Waals surface area (Å²) in [5.41, 5.74) is 7.29. The largest absolute Gasteiger partial charge is 0.489 e. The van der Waals surface area contributed by atoms with Crippen LogP contribution >= 0.6 is 0 Å². The topological polar surface area (TPSA) is 100 Å².